The summed E-state index contributed by atoms with van der Waals surface area (Å²) in [4.78, 5) is 12.0. The molecule has 1 fully saturated rings. The Balaban J connectivity index is 1.89. The normalized spacial score (nSPS) is 16.5. The SMILES string of the molecule is CN(NC(=O)C1CCNCC1)c1ccccc1. The van der Waals surface area contributed by atoms with Gasteiger partial charge in [-0.15, -0.1) is 0 Å². The number of carbonyl (C=O) groups is 1. The third kappa shape index (κ3) is 3.20. The van der Waals surface area contributed by atoms with E-state index >= 15 is 0 Å². The summed E-state index contributed by atoms with van der Waals surface area (Å²) in [7, 11) is 1.87. The molecule has 1 heterocycles. The lowest BCUT2D eigenvalue weighted by molar-refractivity contribution is -0.125. The first-order valence-corrected chi connectivity index (χ1v) is 6.07. The van der Waals surface area contributed by atoms with Crippen molar-refractivity contribution in [2.24, 2.45) is 5.92 Å². The fourth-order valence-corrected chi connectivity index (χ4v) is 2.06. The van der Waals surface area contributed by atoms with Crippen molar-refractivity contribution >= 4 is 11.6 Å². The first-order chi connectivity index (χ1) is 8.27. The van der Waals surface area contributed by atoms with Crippen LogP contribution in [-0.4, -0.2) is 26.0 Å². The van der Waals surface area contributed by atoms with E-state index < -0.39 is 0 Å². The molecule has 0 aromatic heterocycles. The van der Waals surface area contributed by atoms with Crippen LogP contribution in [0.5, 0.6) is 0 Å². The lowest BCUT2D eigenvalue weighted by Crippen LogP contribution is -2.45. The molecule has 1 aliphatic rings. The molecule has 1 aromatic carbocycles. The second-order valence-corrected chi connectivity index (χ2v) is 4.39. The maximum atomic E-state index is 12.0. The lowest BCUT2D eigenvalue weighted by Gasteiger charge is -2.26. The highest BCUT2D eigenvalue weighted by Gasteiger charge is 2.21. The Hall–Kier alpha value is -1.55. The van der Waals surface area contributed by atoms with Gasteiger partial charge in [0.05, 0.1) is 5.69 Å². The van der Waals surface area contributed by atoms with Crippen LogP contribution in [0.25, 0.3) is 0 Å². The quantitative estimate of drug-likeness (QED) is 0.770. The number of para-hydroxylation sites is 1. The highest BCUT2D eigenvalue weighted by Crippen LogP contribution is 2.13. The second-order valence-electron chi connectivity index (χ2n) is 4.39. The first-order valence-electron chi connectivity index (χ1n) is 6.07. The van der Waals surface area contributed by atoms with Crippen molar-refractivity contribution in [2.45, 2.75) is 12.8 Å². The number of hydrogen-bond donors (Lipinski definition) is 2. The van der Waals surface area contributed by atoms with E-state index in [1.54, 1.807) is 5.01 Å². The summed E-state index contributed by atoms with van der Waals surface area (Å²) in [6.07, 6.45) is 1.85. The minimum Gasteiger partial charge on any atom is -0.317 e. The number of anilines is 1. The zero-order valence-electron chi connectivity index (χ0n) is 10.1. The number of nitrogens with zero attached hydrogens (tertiary/aromatic N) is 1. The van der Waals surface area contributed by atoms with E-state index in [2.05, 4.69) is 10.7 Å². The van der Waals surface area contributed by atoms with E-state index in [9.17, 15) is 4.79 Å². The van der Waals surface area contributed by atoms with Gasteiger partial charge in [-0.25, -0.2) is 0 Å². The average molecular weight is 233 g/mol. The van der Waals surface area contributed by atoms with Crippen molar-refractivity contribution in [1.82, 2.24) is 10.7 Å². The Morgan fingerprint density at radius 1 is 1.29 bits per heavy atom. The molecule has 1 aliphatic heterocycles. The number of hydrazine groups is 1. The molecular formula is C13H19N3O. The lowest BCUT2D eigenvalue weighted by atomic mass is 9.98. The maximum Gasteiger partial charge on any atom is 0.241 e. The molecule has 0 saturated carbocycles. The Bertz CT molecular complexity index is 360. The maximum absolute atomic E-state index is 12.0. The largest absolute Gasteiger partial charge is 0.317 e. The zero-order valence-corrected chi connectivity index (χ0v) is 10.1. The van der Waals surface area contributed by atoms with Gasteiger partial charge in [-0.05, 0) is 38.1 Å². The highest BCUT2D eigenvalue weighted by atomic mass is 16.2. The van der Waals surface area contributed by atoms with Gasteiger partial charge >= 0.3 is 0 Å². The van der Waals surface area contributed by atoms with Crippen LogP contribution in [0.4, 0.5) is 5.69 Å². The molecule has 0 bridgehead atoms. The van der Waals surface area contributed by atoms with Gasteiger partial charge in [0.1, 0.15) is 0 Å². The fraction of sp³-hybridized carbons (Fsp3) is 0.462. The van der Waals surface area contributed by atoms with Gasteiger partial charge in [0.2, 0.25) is 5.91 Å². The molecule has 92 valence electrons. The van der Waals surface area contributed by atoms with Gasteiger partial charge in [0, 0.05) is 13.0 Å². The topological polar surface area (TPSA) is 44.4 Å². The molecule has 0 spiro atoms. The van der Waals surface area contributed by atoms with Gasteiger partial charge in [-0.3, -0.25) is 15.2 Å². The third-order valence-corrected chi connectivity index (χ3v) is 3.13. The predicted molar refractivity (Wildman–Crippen MR) is 68.6 cm³/mol. The molecule has 4 nitrogen and oxygen atoms in total. The van der Waals surface area contributed by atoms with Crippen molar-refractivity contribution in [3.05, 3.63) is 30.3 Å². The molecule has 4 heteroatoms. The summed E-state index contributed by atoms with van der Waals surface area (Å²) in [6, 6.07) is 9.84. The number of nitrogens with one attached hydrogen (secondary N) is 2. The van der Waals surface area contributed by atoms with Crippen molar-refractivity contribution in [1.29, 1.82) is 0 Å². The number of rotatable bonds is 3. The molecular weight excluding hydrogens is 214 g/mol. The minimum atomic E-state index is 0.123. The smallest absolute Gasteiger partial charge is 0.241 e. The summed E-state index contributed by atoms with van der Waals surface area (Å²) in [5, 5.41) is 5.04. The zero-order chi connectivity index (χ0) is 12.1. The van der Waals surface area contributed by atoms with Crippen molar-refractivity contribution in [3.8, 4) is 0 Å². The van der Waals surface area contributed by atoms with E-state index in [1.165, 1.54) is 0 Å². The monoisotopic (exact) mass is 233 g/mol. The Labute approximate surface area is 102 Å². The second kappa shape index (κ2) is 5.68. The van der Waals surface area contributed by atoms with Crippen LogP contribution in [0.1, 0.15) is 12.8 Å². The summed E-state index contributed by atoms with van der Waals surface area (Å²) in [5.74, 6) is 0.264. The number of piperidine rings is 1. The van der Waals surface area contributed by atoms with Gasteiger partial charge in [-0.2, -0.15) is 0 Å². The molecule has 2 N–H and O–H groups in total. The third-order valence-electron chi connectivity index (χ3n) is 3.13. The van der Waals surface area contributed by atoms with Crippen LogP contribution < -0.4 is 15.8 Å². The number of hydrogen-bond acceptors (Lipinski definition) is 3. The van der Waals surface area contributed by atoms with Crippen LogP contribution in [0, 0.1) is 5.92 Å². The molecule has 1 saturated heterocycles. The highest BCUT2D eigenvalue weighted by molar-refractivity contribution is 5.80. The summed E-state index contributed by atoms with van der Waals surface area (Å²) >= 11 is 0. The Morgan fingerprint density at radius 3 is 2.59 bits per heavy atom. The van der Waals surface area contributed by atoms with Crippen LogP contribution in [0.15, 0.2) is 30.3 Å². The van der Waals surface area contributed by atoms with Crippen molar-refractivity contribution < 1.29 is 4.79 Å². The fourth-order valence-electron chi connectivity index (χ4n) is 2.06. The van der Waals surface area contributed by atoms with E-state index in [0.717, 1.165) is 31.6 Å². The number of benzene rings is 1. The summed E-state index contributed by atoms with van der Waals surface area (Å²) < 4.78 is 0. The Morgan fingerprint density at radius 2 is 1.94 bits per heavy atom. The van der Waals surface area contributed by atoms with Gasteiger partial charge in [-0.1, -0.05) is 18.2 Å². The van der Waals surface area contributed by atoms with Gasteiger partial charge < -0.3 is 5.32 Å². The van der Waals surface area contributed by atoms with Crippen LogP contribution in [0.3, 0.4) is 0 Å². The summed E-state index contributed by atoms with van der Waals surface area (Å²) in [5.41, 5.74) is 3.93. The molecule has 17 heavy (non-hydrogen) atoms. The Kier molecular flexibility index (Phi) is 3.98. The molecule has 0 aliphatic carbocycles. The van der Waals surface area contributed by atoms with Gasteiger partial charge in [0.25, 0.3) is 0 Å². The molecule has 1 aromatic rings. The average Bonchev–Trinajstić information content (AvgIpc) is 2.40. The number of amides is 1. The summed E-state index contributed by atoms with van der Waals surface area (Å²) in [6.45, 7) is 1.88. The van der Waals surface area contributed by atoms with E-state index in [1.807, 2.05) is 37.4 Å². The van der Waals surface area contributed by atoms with E-state index in [-0.39, 0.29) is 11.8 Å². The van der Waals surface area contributed by atoms with Crippen molar-refractivity contribution in [2.75, 3.05) is 25.1 Å². The van der Waals surface area contributed by atoms with Crippen LogP contribution in [-0.2, 0) is 4.79 Å². The molecule has 0 unspecified atom stereocenters. The molecule has 0 atom stereocenters. The van der Waals surface area contributed by atoms with E-state index in [0.29, 0.717) is 0 Å². The first kappa shape index (κ1) is 11.9. The number of carbonyl (C=O) groups excluding carboxylic acids is 1. The van der Waals surface area contributed by atoms with Gasteiger partial charge in [0.15, 0.2) is 0 Å². The molecule has 1 amide bonds. The van der Waals surface area contributed by atoms with Crippen molar-refractivity contribution in [3.63, 3.8) is 0 Å². The molecule has 2 rings (SSSR count). The van der Waals surface area contributed by atoms with Crippen LogP contribution in [0.2, 0.25) is 0 Å². The standard InChI is InChI=1S/C13H19N3O/c1-16(12-5-3-2-4-6-12)15-13(17)11-7-9-14-10-8-11/h2-6,11,14H,7-10H2,1H3,(H,15,17). The minimum absolute atomic E-state index is 0.123. The predicted octanol–water partition coefficient (Wildman–Crippen LogP) is 1.15. The van der Waals surface area contributed by atoms with Crippen LogP contribution >= 0.6 is 0 Å². The molecule has 0 radical (unpaired) electrons. The van der Waals surface area contributed by atoms with E-state index in [4.69, 9.17) is 0 Å².